The van der Waals surface area contributed by atoms with Crippen LogP contribution in [0.25, 0.3) is 0 Å². The first-order valence-corrected chi connectivity index (χ1v) is 7.00. The van der Waals surface area contributed by atoms with Crippen LogP contribution < -0.4 is 10.5 Å². The number of halogens is 3. The molecule has 2 aromatic carbocycles. The van der Waals surface area contributed by atoms with E-state index in [9.17, 15) is 8.78 Å². The Labute approximate surface area is 123 Å². The van der Waals surface area contributed by atoms with E-state index in [1.807, 2.05) is 0 Å². The lowest BCUT2D eigenvalue weighted by Gasteiger charge is -2.30. The van der Waals surface area contributed by atoms with Crippen molar-refractivity contribution in [1.82, 2.24) is 0 Å². The summed E-state index contributed by atoms with van der Waals surface area (Å²) in [6.07, 6.45) is -0.0652. The second-order valence-corrected chi connectivity index (χ2v) is 5.71. The smallest absolute Gasteiger partial charge is 0.130 e. The number of ether oxygens (including phenoxy) is 1. The van der Waals surface area contributed by atoms with Gasteiger partial charge >= 0.3 is 0 Å². The molecular weight excluding hydrogens is 328 g/mol. The number of nitrogens with two attached hydrogens (primary N) is 1. The standard InChI is InChI=1S/C15H12BrF2NO/c16-8-1-3-12(18)10(5-8)15-7-13(19)11-6-9(17)2-4-14(11)20-15/h1-6,13,15H,7,19H2. The van der Waals surface area contributed by atoms with Gasteiger partial charge < -0.3 is 10.5 Å². The Morgan fingerprint density at radius 1 is 1.10 bits per heavy atom. The van der Waals surface area contributed by atoms with Crippen molar-refractivity contribution in [3.63, 3.8) is 0 Å². The molecule has 2 unspecified atom stereocenters. The van der Waals surface area contributed by atoms with Crippen LogP contribution in [-0.2, 0) is 0 Å². The SMILES string of the molecule is NC1CC(c2cc(Br)ccc2F)Oc2ccc(F)cc21. The molecule has 0 saturated carbocycles. The highest BCUT2D eigenvalue weighted by molar-refractivity contribution is 9.10. The van der Waals surface area contributed by atoms with Crippen molar-refractivity contribution in [2.75, 3.05) is 0 Å². The molecule has 2 atom stereocenters. The van der Waals surface area contributed by atoms with E-state index >= 15 is 0 Å². The molecule has 0 aromatic heterocycles. The van der Waals surface area contributed by atoms with Crippen molar-refractivity contribution in [2.24, 2.45) is 5.73 Å². The van der Waals surface area contributed by atoms with Gasteiger partial charge in [0.05, 0.1) is 0 Å². The molecule has 3 rings (SSSR count). The second kappa shape index (κ2) is 5.14. The van der Waals surface area contributed by atoms with Crippen molar-refractivity contribution < 1.29 is 13.5 Å². The fraction of sp³-hybridized carbons (Fsp3) is 0.200. The Balaban J connectivity index is 1.99. The Morgan fingerprint density at radius 3 is 2.70 bits per heavy atom. The van der Waals surface area contributed by atoms with E-state index < -0.39 is 6.10 Å². The van der Waals surface area contributed by atoms with Crippen LogP contribution in [0, 0.1) is 11.6 Å². The average molecular weight is 340 g/mol. The molecule has 1 aliphatic rings. The van der Waals surface area contributed by atoms with E-state index in [1.54, 1.807) is 12.1 Å². The van der Waals surface area contributed by atoms with Gasteiger partial charge in [-0.05, 0) is 36.4 Å². The Hall–Kier alpha value is -1.46. The number of benzene rings is 2. The Bertz CT molecular complexity index is 662. The molecule has 2 nitrogen and oxygen atoms in total. The highest BCUT2D eigenvalue weighted by Gasteiger charge is 2.29. The molecule has 5 heteroatoms. The van der Waals surface area contributed by atoms with Crippen LogP contribution in [0.15, 0.2) is 40.9 Å². The molecule has 0 bridgehead atoms. The second-order valence-electron chi connectivity index (χ2n) is 4.80. The van der Waals surface area contributed by atoms with Crippen LogP contribution in [0.5, 0.6) is 5.75 Å². The van der Waals surface area contributed by atoms with Crippen molar-refractivity contribution in [2.45, 2.75) is 18.6 Å². The maximum Gasteiger partial charge on any atom is 0.130 e. The predicted octanol–water partition coefficient (Wildman–Crippen LogP) is 4.25. The van der Waals surface area contributed by atoms with Gasteiger partial charge in [0.2, 0.25) is 0 Å². The molecule has 2 N–H and O–H groups in total. The van der Waals surface area contributed by atoms with Gasteiger partial charge in [0.25, 0.3) is 0 Å². The molecule has 104 valence electrons. The molecule has 0 aliphatic carbocycles. The van der Waals surface area contributed by atoms with E-state index in [4.69, 9.17) is 10.5 Å². The summed E-state index contributed by atoms with van der Waals surface area (Å²) >= 11 is 3.32. The molecule has 1 heterocycles. The van der Waals surface area contributed by atoms with Gasteiger partial charge in [-0.2, -0.15) is 0 Å². The molecule has 0 spiro atoms. The van der Waals surface area contributed by atoms with Crippen LogP contribution in [0.2, 0.25) is 0 Å². The van der Waals surface area contributed by atoms with Gasteiger partial charge in [-0.3, -0.25) is 0 Å². The van der Waals surface area contributed by atoms with Crippen LogP contribution in [-0.4, -0.2) is 0 Å². The van der Waals surface area contributed by atoms with E-state index in [0.29, 0.717) is 23.3 Å². The molecule has 20 heavy (non-hydrogen) atoms. The fourth-order valence-electron chi connectivity index (χ4n) is 2.43. The third-order valence-corrected chi connectivity index (χ3v) is 3.91. The molecule has 0 fully saturated rings. The molecule has 0 amide bonds. The van der Waals surface area contributed by atoms with Crippen LogP contribution in [0.4, 0.5) is 8.78 Å². The van der Waals surface area contributed by atoms with Gasteiger partial charge in [0, 0.05) is 28.1 Å². The van der Waals surface area contributed by atoms with Crippen LogP contribution in [0.3, 0.4) is 0 Å². The van der Waals surface area contributed by atoms with Crippen molar-refractivity contribution >= 4 is 15.9 Å². The van der Waals surface area contributed by atoms with Crippen molar-refractivity contribution in [3.05, 3.63) is 63.6 Å². The largest absolute Gasteiger partial charge is 0.485 e. The number of hydrogen-bond acceptors (Lipinski definition) is 2. The highest BCUT2D eigenvalue weighted by atomic mass is 79.9. The lowest BCUT2D eigenvalue weighted by atomic mass is 9.93. The van der Waals surface area contributed by atoms with Crippen molar-refractivity contribution in [3.8, 4) is 5.75 Å². The lowest BCUT2D eigenvalue weighted by molar-refractivity contribution is 0.157. The van der Waals surface area contributed by atoms with Crippen LogP contribution in [0.1, 0.15) is 29.7 Å². The van der Waals surface area contributed by atoms with E-state index in [-0.39, 0.29) is 17.7 Å². The third kappa shape index (κ3) is 2.43. The van der Waals surface area contributed by atoms with Gasteiger partial charge in [0.15, 0.2) is 0 Å². The summed E-state index contributed by atoms with van der Waals surface area (Å²) in [7, 11) is 0. The summed E-state index contributed by atoms with van der Waals surface area (Å²) in [6.45, 7) is 0. The highest BCUT2D eigenvalue weighted by Crippen LogP contribution is 2.40. The van der Waals surface area contributed by atoms with E-state index in [1.165, 1.54) is 24.3 Å². The summed E-state index contributed by atoms with van der Waals surface area (Å²) in [5.74, 6) is -0.180. The Kier molecular flexibility index (Phi) is 3.48. The van der Waals surface area contributed by atoms with Gasteiger partial charge in [-0.15, -0.1) is 0 Å². The number of hydrogen-bond donors (Lipinski definition) is 1. The number of fused-ring (bicyclic) bond motifs is 1. The predicted molar refractivity (Wildman–Crippen MR) is 75.4 cm³/mol. The average Bonchev–Trinajstić information content (AvgIpc) is 2.42. The van der Waals surface area contributed by atoms with E-state index in [0.717, 1.165) is 4.47 Å². The first-order chi connectivity index (χ1) is 9.54. The van der Waals surface area contributed by atoms with Gasteiger partial charge in [-0.25, -0.2) is 8.78 Å². The van der Waals surface area contributed by atoms with Crippen molar-refractivity contribution in [1.29, 1.82) is 0 Å². The monoisotopic (exact) mass is 339 g/mol. The fourth-order valence-corrected chi connectivity index (χ4v) is 2.81. The zero-order valence-corrected chi connectivity index (χ0v) is 12.0. The molecule has 0 saturated heterocycles. The quantitative estimate of drug-likeness (QED) is 0.842. The third-order valence-electron chi connectivity index (χ3n) is 3.41. The summed E-state index contributed by atoms with van der Waals surface area (Å²) in [6, 6.07) is 8.53. The molecule has 2 aromatic rings. The summed E-state index contributed by atoms with van der Waals surface area (Å²) in [5.41, 5.74) is 7.12. The first kappa shape index (κ1) is 13.5. The molecular formula is C15H12BrF2NO. The zero-order chi connectivity index (χ0) is 14.3. The lowest BCUT2D eigenvalue weighted by Crippen LogP contribution is -2.24. The zero-order valence-electron chi connectivity index (χ0n) is 10.4. The van der Waals surface area contributed by atoms with Crippen LogP contribution >= 0.6 is 15.9 Å². The molecule has 0 radical (unpaired) electrons. The first-order valence-electron chi connectivity index (χ1n) is 6.21. The summed E-state index contributed by atoms with van der Waals surface area (Å²) < 4.78 is 33.7. The maximum atomic E-state index is 13.9. The Morgan fingerprint density at radius 2 is 1.90 bits per heavy atom. The topological polar surface area (TPSA) is 35.2 Å². The molecule has 1 aliphatic heterocycles. The minimum Gasteiger partial charge on any atom is -0.485 e. The number of rotatable bonds is 1. The summed E-state index contributed by atoms with van der Waals surface area (Å²) in [5, 5.41) is 0. The van der Waals surface area contributed by atoms with E-state index in [2.05, 4.69) is 15.9 Å². The van der Waals surface area contributed by atoms with Gasteiger partial charge in [-0.1, -0.05) is 15.9 Å². The maximum absolute atomic E-state index is 13.9. The summed E-state index contributed by atoms with van der Waals surface area (Å²) in [4.78, 5) is 0. The van der Waals surface area contributed by atoms with Gasteiger partial charge in [0.1, 0.15) is 23.5 Å². The minimum absolute atomic E-state index is 0.337. The normalized spacial score (nSPS) is 21.2. The minimum atomic E-state index is -0.472.